The predicted molar refractivity (Wildman–Crippen MR) is 77.6 cm³/mol. The van der Waals surface area contributed by atoms with Crippen LogP contribution in [-0.2, 0) is 4.79 Å². The average Bonchev–Trinajstić information content (AvgIpc) is 2.87. The number of rotatable bonds is 4. The molecule has 1 aromatic rings. The highest BCUT2D eigenvalue weighted by Gasteiger charge is 2.32. The summed E-state index contributed by atoms with van der Waals surface area (Å²) >= 11 is 0. The van der Waals surface area contributed by atoms with E-state index in [1.165, 1.54) is 5.56 Å². The van der Waals surface area contributed by atoms with Crippen LogP contribution in [0.4, 0.5) is 0 Å². The minimum Gasteiger partial charge on any atom is -0.349 e. The van der Waals surface area contributed by atoms with Crippen molar-refractivity contribution >= 4 is 5.91 Å². The Morgan fingerprint density at radius 2 is 2.05 bits per heavy atom. The van der Waals surface area contributed by atoms with Crippen LogP contribution in [-0.4, -0.2) is 12.5 Å². The first kappa shape index (κ1) is 14.1. The van der Waals surface area contributed by atoms with E-state index in [2.05, 4.69) is 36.5 Å². The molecule has 0 aliphatic heterocycles. The summed E-state index contributed by atoms with van der Waals surface area (Å²) in [4.78, 5) is 12.3. The van der Waals surface area contributed by atoms with Crippen molar-refractivity contribution in [1.82, 2.24) is 5.32 Å². The van der Waals surface area contributed by atoms with Gasteiger partial charge in [0.05, 0.1) is 6.04 Å². The molecule has 3 N–H and O–H groups in total. The zero-order valence-corrected chi connectivity index (χ0v) is 11.9. The minimum absolute atomic E-state index is 0.0622. The van der Waals surface area contributed by atoms with Crippen LogP contribution in [0.5, 0.6) is 0 Å². The SMILES string of the molecule is Cc1ccc(C(C)NC(=O)[C@@H]2CCC[C@@H]2CN)cc1. The van der Waals surface area contributed by atoms with Crippen LogP contribution in [0.3, 0.4) is 0 Å². The summed E-state index contributed by atoms with van der Waals surface area (Å²) < 4.78 is 0. The predicted octanol–water partition coefficient (Wildman–Crippen LogP) is 2.55. The summed E-state index contributed by atoms with van der Waals surface area (Å²) in [5.74, 6) is 0.643. The lowest BCUT2D eigenvalue weighted by Crippen LogP contribution is -2.36. The van der Waals surface area contributed by atoms with Crippen molar-refractivity contribution in [2.45, 2.75) is 39.2 Å². The lowest BCUT2D eigenvalue weighted by atomic mass is 9.94. The van der Waals surface area contributed by atoms with Crippen LogP contribution in [0.1, 0.15) is 43.4 Å². The van der Waals surface area contributed by atoms with E-state index in [1.807, 2.05) is 6.92 Å². The van der Waals surface area contributed by atoms with Gasteiger partial charge >= 0.3 is 0 Å². The molecule has 1 amide bonds. The molecule has 0 bridgehead atoms. The largest absolute Gasteiger partial charge is 0.349 e. The van der Waals surface area contributed by atoms with Gasteiger partial charge < -0.3 is 11.1 Å². The number of hydrogen-bond acceptors (Lipinski definition) is 2. The fourth-order valence-electron chi connectivity index (χ4n) is 2.92. The number of aryl methyl sites for hydroxylation is 1. The smallest absolute Gasteiger partial charge is 0.223 e. The molecule has 1 fully saturated rings. The second-order valence-electron chi connectivity index (χ2n) is 5.67. The Hall–Kier alpha value is -1.35. The standard InChI is InChI=1S/C16H24N2O/c1-11-6-8-13(9-7-11)12(2)18-16(19)15-5-3-4-14(15)10-17/h6-9,12,14-15H,3-5,10,17H2,1-2H3,(H,18,19)/t12?,14-,15-/m1/s1. The summed E-state index contributed by atoms with van der Waals surface area (Å²) in [5.41, 5.74) is 8.13. The lowest BCUT2D eigenvalue weighted by Gasteiger charge is -2.21. The maximum absolute atomic E-state index is 12.3. The normalized spacial score (nSPS) is 24.2. The molecule has 0 heterocycles. The van der Waals surface area contributed by atoms with Crippen molar-refractivity contribution in [2.75, 3.05) is 6.54 Å². The van der Waals surface area contributed by atoms with Crippen molar-refractivity contribution < 1.29 is 4.79 Å². The highest BCUT2D eigenvalue weighted by molar-refractivity contribution is 5.79. The van der Waals surface area contributed by atoms with Gasteiger partial charge in [-0.25, -0.2) is 0 Å². The van der Waals surface area contributed by atoms with Gasteiger partial charge in [-0.2, -0.15) is 0 Å². The van der Waals surface area contributed by atoms with Crippen LogP contribution in [0.2, 0.25) is 0 Å². The molecular weight excluding hydrogens is 236 g/mol. The Labute approximate surface area is 115 Å². The zero-order valence-electron chi connectivity index (χ0n) is 11.9. The highest BCUT2D eigenvalue weighted by Crippen LogP contribution is 2.31. The van der Waals surface area contributed by atoms with E-state index in [9.17, 15) is 4.79 Å². The summed E-state index contributed by atoms with van der Waals surface area (Å²) in [6.07, 6.45) is 3.20. The molecule has 3 atom stereocenters. The summed E-state index contributed by atoms with van der Waals surface area (Å²) in [7, 11) is 0. The third-order valence-electron chi connectivity index (χ3n) is 4.23. The Morgan fingerprint density at radius 1 is 1.37 bits per heavy atom. The number of amides is 1. The first-order valence-corrected chi connectivity index (χ1v) is 7.19. The first-order chi connectivity index (χ1) is 9.11. The quantitative estimate of drug-likeness (QED) is 0.874. The van der Waals surface area contributed by atoms with E-state index in [-0.39, 0.29) is 17.9 Å². The third kappa shape index (κ3) is 3.35. The van der Waals surface area contributed by atoms with Crippen LogP contribution < -0.4 is 11.1 Å². The molecule has 1 aliphatic carbocycles. The van der Waals surface area contributed by atoms with Gasteiger partial charge in [-0.05, 0) is 44.7 Å². The van der Waals surface area contributed by atoms with Gasteiger partial charge in [-0.1, -0.05) is 36.2 Å². The maximum Gasteiger partial charge on any atom is 0.223 e. The van der Waals surface area contributed by atoms with Gasteiger partial charge in [-0.15, -0.1) is 0 Å². The van der Waals surface area contributed by atoms with Gasteiger partial charge in [0.2, 0.25) is 5.91 Å². The molecule has 0 spiro atoms. The van der Waals surface area contributed by atoms with E-state index in [0.717, 1.165) is 24.8 Å². The molecule has 1 saturated carbocycles. The van der Waals surface area contributed by atoms with Gasteiger partial charge in [0.25, 0.3) is 0 Å². The van der Waals surface area contributed by atoms with Crippen LogP contribution in [0.15, 0.2) is 24.3 Å². The lowest BCUT2D eigenvalue weighted by molar-refractivity contribution is -0.126. The topological polar surface area (TPSA) is 55.1 Å². The fourth-order valence-corrected chi connectivity index (χ4v) is 2.92. The molecule has 3 heteroatoms. The Morgan fingerprint density at radius 3 is 2.68 bits per heavy atom. The second kappa shape index (κ2) is 6.20. The molecular formula is C16H24N2O. The fraction of sp³-hybridized carbons (Fsp3) is 0.562. The molecule has 3 nitrogen and oxygen atoms in total. The third-order valence-corrected chi connectivity index (χ3v) is 4.23. The van der Waals surface area contributed by atoms with Gasteiger partial charge in [0, 0.05) is 5.92 Å². The zero-order chi connectivity index (χ0) is 13.8. The van der Waals surface area contributed by atoms with E-state index in [4.69, 9.17) is 5.73 Å². The van der Waals surface area contributed by atoms with E-state index in [1.54, 1.807) is 0 Å². The van der Waals surface area contributed by atoms with Crippen LogP contribution >= 0.6 is 0 Å². The Balaban J connectivity index is 1.96. The van der Waals surface area contributed by atoms with Crippen molar-refractivity contribution in [2.24, 2.45) is 17.6 Å². The van der Waals surface area contributed by atoms with Crippen molar-refractivity contribution in [3.8, 4) is 0 Å². The maximum atomic E-state index is 12.3. The average molecular weight is 260 g/mol. The van der Waals surface area contributed by atoms with Crippen molar-refractivity contribution in [3.63, 3.8) is 0 Å². The molecule has 0 radical (unpaired) electrons. The number of nitrogens with two attached hydrogens (primary N) is 1. The number of benzene rings is 1. The second-order valence-corrected chi connectivity index (χ2v) is 5.67. The van der Waals surface area contributed by atoms with Gasteiger partial charge in [0.1, 0.15) is 0 Å². The molecule has 104 valence electrons. The van der Waals surface area contributed by atoms with Crippen molar-refractivity contribution in [1.29, 1.82) is 0 Å². The Kier molecular flexibility index (Phi) is 4.59. The molecule has 1 aromatic carbocycles. The minimum atomic E-state index is 0.0622. The molecule has 19 heavy (non-hydrogen) atoms. The Bertz CT molecular complexity index is 427. The molecule has 1 aliphatic rings. The number of hydrogen-bond donors (Lipinski definition) is 2. The van der Waals surface area contributed by atoms with E-state index < -0.39 is 0 Å². The summed E-state index contributed by atoms with van der Waals surface area (Å²) in [5, 5.41) is 3.13. The molecule has 1 unspecified atom stereocenters. The van der Waals surface area contributed by atoms with E-state index >= 15 is 0 Å². The highest BCUT2D eigenvalue weighted by atomic mass is 16.2. The molecule has 0 aromatic heterocycles. The number of carbonyl (C=O) groups excluding carboxylic acids is 1. The first-order valence-electron chi connectivity index (χ1n) is 7.19. The van der Waals surface area contributed by atoms with E-state index in [0.29, 0.717) is 12.5 Å². The summed E-state index contributed by atoms with van der Waals surface area (Å²) in [6, 6.07) is 8.38. The molecule has 0 saturated heterocycles. The van der Waals surface area contributed by atoms with Gasteiger partial charge in [0.15, 0.2) is 0 Å². The number of carbonyl (C=O) groups is 1. The molecule has 2 rings (SSSR count). The summed E-state index contributed by atoms with van der Waals surface area (Å²) in [6.45, 7) is 4.73. The number of nitrogens with one attached hydrogen (secondary N) is 1. The monoisotopic (exact) mass is 260 g/mol. The van der Waals surface area contributed by atoms with Crippen LogP contribution in [0, 0.1) is 18.8 Å². The van der Waals surface area contributed by atoms with Gasteiger partial charge in [-0.3, -0.25) is 4.79 Å². The van der Waals surface area contributed by atoms with Crippen LogP contribution in [0.25, 0.3) is 0 Å². The van der Waals surface area contributed by atoms with Crippen molar-refractivity contribution in [3.05, 3.63) is 35.4 Å².